The van der Waals surface area contributed by atoms with Crippen molar-refractivity contribution >= 4 is 28.8 Å². The van der Waals surface area contributed by atoms with E-state index in [4.69, 9.17) is 9.47 Å². The molecular weight excluding hydrogens is 380 g/mol. The van der Waals surface area contributed by atoms with Gasteiger partial charge in [-0.1, -0.05) is 38.5 Å². The van der Waals surface area contributed by atoms with Crippen LogP contribution >= 0.6 is 0 Å². The second-order valence-corrected chi connectivity index (χ2v) is 6.82. The van der Waals surface area contributed by atoms with Gasteiger partial charge in [0.25, 0.3) is 0 Å². The zero-order valence-electron chi connectivity index (χ0n) is 17.6. The number of hydrazone groups is 1. The summed E-state index contributed by atoms with van der Waals surface area (Å²) in [6.45, 7) is 6.82. The smallest absolute Gasteiger partial charge is 0.320 e. The molecule has 2 heterocycles. The van der Waals surface area contributed by atoms with E-state index in [9.17, 15) is 0 Å². The lowest BCUT2D eigenvalue weighted by molar-refractivity contribution is 0.144. The van der Waals surface area contributed by atoms with Crippen LogP contribution in [0.4, 0.5) is 11.6 Å². The zero-order chi connectivity index (χ0) is 21.0. The number of H-pyrrole nitrogens is 1. The maximum absolute atomic E-state index is 5.69. The van der Waals surface area contributed by atoms with Crippen molar-refractivity contribution in [3.05, 3.63) is 42.1 Å². The van der Waals surface area contributed by atoms with Crippen molar-refractivity contribution in [1.29, 1.82) is 0 Å². The van der Waals surface area contributed by atoms with E-state index in [-0.39, 0.29) is 0 Å². The molecule has 2 aromatic heterocycles. The number of rotatable bonds is 13. The second-order valence-electron chi connectivity index (χ2n) is 6.82. The van der Waals surface area contributed by atoms with Crippen LogP contribution in [0.15, 0.2) is 41.6 Å². The molecule has 0 unspecified atom stereocenters. The van der Waals surface area contributed by atoms with E-state index >= 15 is 0 Å². The van der Waals surface area contributed by atoms with Crippen molar-refractivity contribution in [3.8, 4) is 6.01 Å². The normalized spacial score (nSPS) is 11.3. The molecule has 0 saturated carbocycles. The van der Waals surface area contributed by atoms with Crippen LogP contribution in [0.2, 0.25) is 0 Å². The third-order valence-electron chi connectivity index (χ3n) is 4.34. The molecule has 1 aromatic carbocycles. The predicted molar refractivity (Wildman–Crippen MR) is 122 cm³/mol. The van der Waals surface area contributed by atoms with E-state index in [1.54, 1.807) is 12.3 Å². The van der Waals surface area contributed by atoms with Gasteiger partial charge in [-0.3, -0.25) is 5.43 Å². The molecule has 0 aliphatic carbocycles. The van der Waals surface area contributed by atoms with E-state index in [0.717, 1.165) is 42.3 Å². The largest absolute Gasteiger partial charge is 0.463 e. The van der Waals surface area contributed by atoms with Gasteiger partial charge in [0, 0.05) is 41.9 Å². The molecule has 0 radical (unpaired) electrons. The number of unbranched alkanes of at least 4 members (excludes halogenated alkanes) is 1. The molecule has 0 aliphatic heterocycles. The van der Waals surface area contributed by atoms with E-state index in [1.807, 2.05) is 24.4 Å². The minimum absolute atomic E-state index is 0.327. The summed E-state index contributed by atoms with van der Waals surface area (Å²) in [5, 5.41) is 8.70. The molecule has 0 atom stereocenters. The van der Waals surface area contributed by atoms with Gasteiger partial charge in [0.2, 0.25) is 0 Å². The molecule has 0 bridgehead atoms. The first-order valence-electron chi connectivity index (χ1n) is 10.5. The van der Waals surface area contributed by atoms with E-state index in [0.29, 0.717) is 37.4 Å². The van der Waals surface area contributed by atoms with Crippen LogP contribution in [0.1, 0.15) is 38.7 Å². The highest BCUT2D eigenvalue weighted by Crippen LogP contribution is 2.18. The first-order chi connectivity index (χ1) is 14.8. The Hall–Kier alpha value is -3.13. The number of nitrogens with one attached hydrogen (secondary N) is 3. The summed E-state index contributed by atoms with van der Waals surface area (Å²) in [6, 6.07) is 10.2. The molecule has 3 aromatic rings. The monoisotopic (exact) mass is 410 g/mol. The minimum atomic E-state index is 0.327. The number of ether oxygens (including phenoxy) is 2. The van der Waals surface area contributed by atoms with Gasteiger partial charge in [-0.2, -0.15) is 15.1 Å². The van der Waals surface area contributed by atoms with Gasteiger partial charge < -0.3 is 19.8 Å². The van der Waals surface area contributed by atoms with Gasteiger partial charge in [-0.25, -0.2) is 0 Å². The topological polar surface area (TPSA) is 96.5 Å². The molecule has 0 fully saturated rings. The Morgan fingerprint density at radius 3 is 2.80 bits per heavy atom. The van der Waals surface area contributed by atoms with Crippen LogP contribution in [-0.2, 0) is 4.74 Å². The first-order valence-corrected chi connectivity index (χ1v) is 10.5. The summed E-state index contributed by atoms with van der Waals surface area (Å²) >= 11 is 0. The summed E-state index contributed by atoms with van der Waals surface area (Å²) in [7, 11) is 0. The van der Waals surface area contributed by atoms with Crippen LogP contribution in [-0.4, -0.2) is 47.5 Å². The Kier molecular flexibility index (Phi) is 8.47. The van der Waals surface area contributed by atoms with Crippen molar-refractivity contribution in [3.63, 3.8) is 0 Å². The highest BCUT2D eigenvalue weighted by molar-refractivity contribution is 5.99. The van der Waals surface area contributed by atoms with Crippen LogP contribution < -0.4 is 15.5 Å². The number of aromatic amines is 1. The van der Waals surface area contributed by atoms with Gasteiger partial charge in [-0.15, -0.1) is 0 Å². The molecule has 160 valence electrons. The number of nitrogens with zero attached hydrogens (tertiary/aromatic N) is 3. The molecular formula is C22H30N6O2. The van der Waals surface area contributed by atoms with Crippen LogP contribution in [0.3, 0.4) is 0 Å². The number of fused-ring (bicyclic) bond motifs is 1. The van der Waals surface area contributed by atoms with Gasteiger partial charge in [0.05, 0.1) is 19.4 Å². The second kappa shape index (κ2) is 11.8. The number of hydrogen-bond donors (Lipinski definition) is 3. The molecule has 3 rings (SSSR count). The SMILES string of the molecule is CCCCOc1nc(NCCOCCC)cc(N/N=C/c2c[nH]c3ccccc23)n1. The van der Waals surface area contributed by atoms with Crippen LogP contribution in [0, 0.1) is 0 Å². The molecule has 8 heteroatoms. The van der Waals surface area contributed by atoms with Crippen molar-refractivity contribution in [2.75, 3.05) is 37.1 Å². The average Bonchev–Trinajstić information content (AvgIpc) is 3.17. The predicted octanol–water partition coefficient (Wildman–Crippen LogP) is 4.42. The number of hydrogen-bond acceptors (Lipinski definition) is 7. The van der Waals surface area contributed by atoms with E-state index < -0.39 is 0 Å². The zero-order valence-corrected chi connectivity index (χ0v) is 17.6. The molecule has 3 N–H and O–H groups in total. The Bertz CT molecular complexity index is 940. The van der Waals surface area contributed by atoms with Crippen LogP contribution in [0.5, 0.6) is 6.01 Å². The lowest BCUT2D eigenvalue weighted by Crippen LogP contribution is -2.12. The van der Waals surface area contributed by atoms with Gasteiger partial charge in [0.1, 0.15) is 5.82 Å². The molecule has 30 heavy (non-hydrogen) atoms. The van der Waals surface area contributed by atoms with Gasteiger partial charge >= 0.3 is 6.01 Å². The molecule has 0 saturated heterocycles. The van der Waals surface area contributed by atoms with Gasteiger partial charge in [0.15, 0.2) is 5.82 Å². The summed E-state index contributed by atoms with van der Waals surface area (Å²) in [4.78, 5) is 12.1. The number of benzene rings is 1. The maximum Gasteiger partial charge on any atom is 0.320 e. The third kappa shape index (κ3) is 6.45. The highest BCUT2D eigenvalue weighted by atomic mass is 16.5. The quantitative estimate of drug-likeness (QED) is 0.219. The molecule has 0 aliphatic rings. The summed E-state index contributed by atoms with van der Waals surface area (Å²) in [5.74, 6) is 1.23. The fourth-order valence-electron chi connectivity index (χ4n) is 2.81. The fraction of sp³-hybridized carbons (Fsp3) is 0.409. The Morgan fingerprint density at radius 2 is 1.93 bits per heavy atom. The Morgan fingerprint density at radius 1 is 1.07 bits per heavy atom. The number of aromatic nitrogens is 3. The molecule has 0 spiro atoms. The number of anilines is 2. The Labute approximate surface area is 177 Å². The lowest BCUT2D eigenvalue weighted by atomic mass is 10.2. The maximum atomic E-state index is 5.69. The third-order valence-corrected chi connectivity index (χ3v) is 4.34. The highest BCUT2D eigenvalue weighted by Gasteiger charge is 2.06. The van der Waals surface area contributed by atoms with E-state index in [1.165, 1.54) is 0 Å². The molecule has 8 nitrogen and oxygen atoms in total. The summed E-state index contributed by atoms with van der Waals surface area (Å²) in [6.07, 6.45) is 6.70. The van der Waals surface area contributed by atoms with Crippen molar-refractivity contribution in [1.82, 2.24) is 15.0 Å². The van der Waals surface area contributed by atoms with Crippen molar-refractivity contribution in [2.24, 2.45) is 5.10 Å². The van der Waals surface area contributed by atoms with Crippen molar-refractivity contribution < 1.29 is 9.47 Å². The van der Waals surface area contributed by atoms with E-state index in [2.05, 4.69) is 50.7 Å². The average molecular weight is 411 g/mol. The number of para-hydroxylation sites is 1. The standard InChI is InChI=1S/C22H30N6O2/c1-3-5-12-30-22-26-20(23-10-13-29-11-4-2)14-21(27-22)28-25-16-17-15-24-19-9-7-6-8-18(17)19/h6-9,14-16,24H,3-5,10-13H2,1-2H3,(H2,23,26,27,28)/b25-16+. The van der Waals surface area contributed by atoms with Gasteiger partial charge in [-0.05, 0) is 18.9 Å². The summed E-state index contributed by atoms with van der Waals surface area (Å²) < 4.78 is 11.2. The first kappa shape index (κ1) is 21.6. The van der Waals surface area contributed by atoms with Crippen LogP contribution in [0.25, 0.3) is 10.9 Å². The van der Waals surface area contributed by atoms with Crippen molar-refractivity contribution in [2.45, 2.75) is 33.1 Å². The lowest BCUT2D eigenvalue weighted by Gasteiger charge is -2.10. The fourth-order valence-corrected chi connectivity index (χ4v) is 2.81. The molecule has 0 amide bonds. The Balaban J connectivity index is 1.66. The summed E-state index contributed by atoms with van der Waals surface area (Å²) in [5.41, 5.74) is 5.05. The minimum Gasteiger partial charge on any atom is -0.463 e.